The summed E-state index contributed by atoms with van der Waals surface area (Å²) in [6, 6.07) is 16.6. The Kier molecular flexibility index (Phi) is 5.61. The summed E-state index contributed by atoms with van der Waals surface area (Å²) in [5.74, 6) is 0.275. The number of aromatic nitrogens is 3. The van der Waals surface area contributed by atoms with E-state index in [2.05, 4.69) is 20.7 Å². The molecule has 0 radical (unpaired) electrons. The Morgan fingerprint density at radius 3 is 2.52 bits per heavy atom. The van der Waals surface area contributed by atoms with Crippen LogP contribution in [-0.2, 0) is 13.6 Å². The highest BCUT2D eigenvalue weighted by atomic mass is 16.2. The first-order chi connectivity index (χ1) is 13.1. The van der Waals surface area contributed by atoms with Gasteiger partial charge in [-0.1, -0.05) is 42.5 Å². The number of amides is 2. The number of aryl methyl sites for hydroxylation is 1. The van der Waals surface area contributed by atoms with E-state index in [0.717, 1.165) is 11.1 Å². The summed E-state index contributed by atoms with van der Waals surface area (Å²) >= 11 is 0. The minimum Gasteiger partial charge on any atom is -0.352 e. The van der Waals surface area contributed by atoms with Gasteiger partial charge in [0.1, 0.15) is 0 Å². The van der Waals surface area contributed by atoms with Crippen LogP contribution in [0.2, 0.25) is 0 Å². The third-order valence-corrected chi connectivity index (χ3v) is 3.98. The van der Waals surface area contributed by atoms with Crippen LogP contribution in [0.1, 0.15) is 33.5 Å². The molecule has 3 aromatic rings. The van der Waals surface area contributed by atoms with Crippen molar-refractivity contribution in [3.8, 4) is 11.4 Å². The molecule has 0 saturated heterocycles. The summed E-state index contributed by atoms with van der Waals surface area (Å²) < 4.78 is 1.46. The van der Waals surface area contributed by atoms with Gasteiger partial charge in [-0.3, -0.25) is 9.59 Å². The van der Waals surface area contributed by atoms with Crippen LogP contribution in [0.3, 0.4) is 0 Å². The standard InChI is InChI=1S/C20H21N5O2/c1-3-21-19(26)16-11-7-8-14(12-16)13-22-20(27)18-23-17(24-25(18)2)15-9-5-4-6-10-15/h4-12H,3,13H2,1-2H3,(H,21,26)(H,22,27). The zero-order valence-corrected chi connectivity index (χ0v) is 15.3. The van der Waals surface area contributed by atoms with Gasteiger partial charge in [0.2, 0.25) is 5.82 Å². The van der Waals surface area contributed by atoms with E-state index in [0.29, 0.717) is 24.5 Å². The molecular weight excluding hydrogens is 342 g/mol. The van der Waals surface area contributed by atoms with Gasteiger partial charge in [0.05, 0.1) is 0 Å². The SMILES string of the molecule is CCNC(=O)c1cccc(CNC(=O)c2nc(-c3ccccc3)nn2C)c1. The van der Waals surface area contributed by atoms with Gasteiger partial charge in [0.25, 0.3) is 11.8 Å². The zero-order chi connectivity index (χ0) is 19.2. The summed E-state index contributed by atoms with van der Waals surface area (Å²) in [6.45, 7) is 2.72. The topological polar surface area (TPSA) is 88.9 Å². The summed E-state index contributed by atoms with van der Waals surface area (Å²) in [7, 11) is 1.68. The second-order valence-corrected chi connectivity index (χ2v) is 5.99. The quantitative estimate of drug-likeness (QED) is 0.702. The molecule has 0 aliphatic carbocycles. The molecule has 0 saturated carbocycles. The Morgan fingerprint density at radius 2 is 1.78 bits per heavy atom. The number of rotatable bonds is 6. The highest BCUT2D eigenvalue weighted by Crippen LogP contribution is 2.14. The van der Waals surface area contributed by atoms with Crippen molar-refractivity contribution >= 4 is 11.8 Å². The largest absolute Gasteiger partial charge is 0.352 e. The van der Waals surface area contributed by atoms with Gasteiger partial charge in [-0.25, -0.2) is 9.67 Å². The van der Waals surface area contributed by atoms with Crippen molar-refractivity contribution in [1.29, 1.82) is 0 Å². The van der Waals surface area contributed by atoms with Gasteiger partial charge in [-0.05, 0) is 24.6 Å². The van der Waals surface area contributed by atoms with E-state index in [9.17, 15) is 9.59 Å². The maximum atomic E-state index is 12.5. The van der Waals surface area contributed by atoms with Gasteiger partial charge in [-0.2, -0.15) is 5.10 Å². The Morgan fingerprint density at radius 1 is 1.00 bits per heavy atom. The molecule has 0 fully saturated rings. The van der Waals surface area contributed by atoms with Gasteiger partial charge in [0, 0.05) is 31.3 Å². The van der Waals surface area contributed by atoms with Crippen LogP contribution < -0.4 is 10.6 Å². The predicted octanol–water partition coefficient (Wildman–Crippen LogP) is 2.16. The van der Waals surface area contributed by atoms with Gasteiger partial charge in [-0.15, -0.1) is 0 Å². The molecule has 2 N–H and O–H groups in total. The summed E-state index contributed by atoms with van der Waals surface area (Å²) in [5, 5.41) is 9.89. The lowest BCUT2D eigenvalue weighted by Crippen LogP contribution is -2.26. The average Bonchev–Trinajstić information content (AvgIpc) is 3.09. The van der Waals surface area contributed by atoms with Crippen molar-refractivity contribution < 1.29 is 9.59 Å². The van der Waals surface area contributed by atoms with Crippen LogP contribution >= 0.6 is 0 Å². The highest BCUT2D eigenvalue weighted by Gasteiger charge is 2.16. The van der Waals surface area contributed by atoms with Crippen LogP contribution in [-0.4, -0.2) is 33.1 Å². The fourth-order valence-electron chi connectivity index (χ4n) is 2.64. The predicted molar refractivity (Wildman–Crippen MR) is 102 cm³/mol. The van der Waals surface area contributed by atoms with Gasteiger partial charge in [0.15, 0.2) is 5.82 Å². The van der Waals surface area contributed by atoms with Crippen molar-refractivity contribution in [2.45, 2.75) is 13.5 Å². The first-order valence-electron chi connectivity index (χ1n) is 8.70. The number of carbonyl (C=O) groups is 2. The number of hydrogen-bond acceptors (Lipinski definition) is 4. The lowest BCUT2D eigenvalue weighted by Gasteiger charge is -2.07. The molecule has 7 nitrogen and oxygen atoms in total. The second-order valence-electron chi connectivity index (χ2n) is 5.99. The molecule has 0 unspecified atom stereocenters. The molecule has 0 spiro atoms. The lowest BCUT2D eigenvalue weighted by atomic mass is 10.1. The van der Waals surface area contributed by atoms with E-state index in [4.69, 9.17) is 0 Å². The minimum absolute atomic E-state index is 0.133. The zero-order valence-electron chi connectivity index (χ0n) is 15.3. The third kappa shape index (κ3) is 4.38. The van der Waals surface area contributed by atoms with Crippen molar-refractivity contribution in [3.05, 3.63) is 71.5 Å². The molecule has 2 aromatic carbocycles. The van der Waals surface area contributed by atoms with Crippen LogP contribution in [0.25, 0.3) is 11.4 Å². The molecule has 1 heterocycles. The number of benzene rings is 2. The Bertz CT molecular complexity index is 950. The first kappa shape index (κ1) is 18.3. The highest BCUT2D eigenvalue weighted by molar-refractivity contribution is 5.94. The number of hydrogen-bond donors (Lipinski definition) is 2. The second kappa shape index (κ2) is 8.27. The molecule has 138 valence electrons. The maximum absolute atomic E-state index is 12.5. The summed E-state index contributed by atoms with van der Waals surface area (Å²) in [5.41, 5.74) is 2.24. The molecule has 27 heavy (non-hydrogen) atoms. The van der Waals surface area contributed by atoms with Crippen molar-refractivity contribution in [3.63, 3.8) is 0 Å². The van der Waals surface area contributed by atoms with Crippen molar-refractivity contribution in [1.82, 2.24) is 25.4 Å². The van der Waals surface area contributed by atoms with E-state index < -0.39 is 0 Å². The van der Waals surface area contributed by atoms with E-state index >= 15 is 0 Å². The first-order valence-corrected chi connectivity index (χ1v) is 8.70. The number of carbonyl (C=O) groups excluding carboxylic acids is 2. The Labute approximate surface area is 157 Å². The van der Waals surface area contributed by atoms with Gasteiger partial charge >= 0.3 is 0 Å². The van der Waals surface area contributed by atoms with E-state index in [1.165, 1.54) is 4.68 Å². The lowest BCUT2D eigenvalue weighted by molar-refractivity contribution is 0.0934. The van der Waals surface area contributed by atoms with Gasteiger partial charge < -0.3 is 10.6 Å². The number of nitrogens with one attached hydrogen (secondary N) is 2. The fourth-order valence-corrected chi connectivity index (χ4v) is 2.64. The van der Waals surface area contributed by atoms with Crippen LogP contribution in [0.5, 0.6) is 0 Å². The molecule has 0 aliphatic rings. The monoisotopic (exact) mass is 363 g/mol. The Hall–Kier alpha value is -3.48. The molecule has 7 heteroatoms. The smallest absolute Gasteiger partial charge is 0.289 e. The summed E-state index contributed by atoms with van der Waals surface area (Å²) in [4.78, 5) is 28.7. The van der Waals surface area contributed by atoms with E-state index in [1.54, 1.807) is 25.2 Å². The van der Waals surface area contributed by atoms with Crippen LogP contribution in [0.15, 0.2) is 54.6 Å². The molecule has 3 rings (SSSR count). The molecule has 0 bridgehead atoms. The molecule has 1 aromatic heterocycles. The molecule has 2 amide bonds. The van der Waals surface area contributed by atoms with E-state index in [-0.39, 0.29) is 17.6 Å². The minimum atomic E-state index is -0.324. The molecular formula is C20H21N5O2. The fraction of sp³-hybridized carbons (Fsp3) is 0.200. The van der Waals surface area contributed by atoms with Crippen LogP contribution in [0.4, 0.5) is 0 Å². The van der Waals surface area contributed by atoms with Crippen molar-refractivity contribution in [2.75, 3.05) is 6.54 Å². The normalized spacial score (nSPS) is 10.4. The number of nitrogens with zero attached hydrogens (tertiary/aromatic N) is 3. The van der Waals surface area contributed by atoms with Crippen molar-refractivity contribution in [2.24, 2.45) is 7.05 Å². The average molecular weight is 363 g/mol. The van der Waals surface area contributed by atoms with E-state index in [1.807, 2.05) is 43.3 Å². The maximum Gasteiger partial charge on any atom is 0.289 e. The molecule has 0 atom stereocenters. The Balaban J connectivity index is 1.69. The summed E-state index contributed by atoms with van der Waals surface area (Å²) in [6.07, 6.45) is 0. The molecule has 0 aliphatic heterocycles. The third-order valence-electron chi connectivity index (χ3n) is 3.98. The van der Waals surface area contributed by atoms with Crippen LogP contribution in [0, 0.1) is 0 Å².